The highest BCUT2D eigenvalue weighted by Crippen LogP contribution is 2.30. The van der Waals surface area contributed by atoms with Crippen LogP contribution in [-0.2, 0) is 4.79 Å². The summed E-state index contributed by atoms with van der Waals surface area (Å²) in [6.07, 6.45) is 1.38. The molecule has 0 aliphatic rings. The smallest absolute Gasteiger partial charge is 0.277 e. The van der Waals surface area contributed by atoms with Crippen LogP contribution in [0.2, 0.25) is 0 Å². The number of halogens is 3. The Kier molecular flexibility index (Phi) is 7.26. The standard InChI is InChI=1S/C17H15Br2IN2O3/c1-9-3-10(2)17(13(19)4-9)25-8-15(23)22-21-7-11-5-12(18)6-14(20)16(11)24/h3-7,24H,8H2,1-2H3,(H,22,23)/b21-7-. The van der Waals surface area contributed by atoms with E-state index in [0.29, 0.717) is 14.9 Å². The molecule has 2 aromatic rings. The molecule has 0 bridgehead atoms. The van der Waals surface area contributed by atoms with Crippen LogP contribution in [0.4, 0.5) is 0 Å². The molecule has 0 aliphatic carbocycles. The van der Waals surface area contributed by atoms with E-state index in [0.717, 1.165) is 20.1 Å². The summed E-state index contributed by atoms with van der Waals surface area (Å²) in [7, 11) is 0. The first-order chi connectivity index (χ1) is 11.8. The largest absolute Gasteiger partial charge is 0.506 e. The van der Waals surface area contributed by atoms with Gasteiger partial charge in [0.2, 0.25) is 0 Å². The summed E-state index contributed by atoms with van der Waals surface area (Å²) in [6.45, 7) is 3.74. The number of nitrogens with zero attached hydrogens (tertiary/aromatic N) is 1. The number of carbonyl (C=O) groups excluding carboxylic acids is 1. The Bertz CT molecular complexity index is 818. The first kappa shape index (κ1) is 20.2. The maximum absolute atomic E-state index is 11.9. The highest BCUT2D eigenvalue weighted by atomic mass is 127. The molecular weight excluding hydrogens is 567 g/mol. The molecule has 0 saturated heterocycles. The molecule has 0 fully saturated rings. The van der Waals surface area contributed by atoms with Gasteiger partial charge in [-0.15, -0.1) is 0 Å². The highest BCUT2D eigenvalue weighted by Gasteiger charge is 2.09. The average Bonchev–Trinajstić information content (AvgIpc) is 2.50. The van der Waals surface area contributed by atoms with Gasteiger partial charge >= 0.3 is 0 Å². The van der Waals surface area contributed by atoms with Gasteiger partial charge in [-0.2, -0.15) is 5.10 Å². The fraction of sp³-hybridized carbons (Fsp3) is 0.176. The number of ether oxygens (including phenoxy) is 1. The SMILES string of the molecule is Cc1cc(C)c(OCC(=O)N/N=C\c2cc(Br)cc(I)c2O)c(Br)c1. The van der Waals surface area contributed by atoms with E-state index in [1.54, 1.807) is 12.1 Å². The third-order valence-corrected chi connectivity index (χ3v) is 5.04. The van der Waals surface area contributed by atoms with E-state index in [2.05, 4.69) is 42.4 Å². The van der Waals surface area contributed by atoms with Gasteiger partial charge < -0.3 is 9.84 Å². The monoisotopic (exact) mass is 580 g/mol. The molecule has 8 heteroatoms. The van der Waals surface area contributed by atoms with Crippen molar-refractivity contribution in [2.75, 3.05) is 6.61 Å². The van der Waals surface area contributed by atoms with Crippen molar-refractivity contribution in [2.24, 2.45) is 5.10 Å². The number of hydrogen-bond donors (Lipinski definition) is 2. The number of benzene rings is 2. The third kappa shape index (κ3) is 5.68. The van der Waals surface area contributed by atoms with Crippen LogP contribution in [0.1, 0.15) is 16.7 Å². The van der Waals surface area contributed by atoms with Gasteiger partial charge in [0.1, 0.15) is 11.5 Å². The topological polar surface area (TPSA) is 70.9 Å². The van der Waals surface area contributed by atoms with E-state index in [1.807, 2.05) is 48.6 Å². The number of aryl methyl sites for hydroxylation is 2. The fourth-order valence-corrected chi connectivity index (χ4v) is 4.45. The average molecular weight is 582 g/mol. The lowest BCUT2D eigenvalue weighted by molar-refractivity contribution is -0.123. The Hall–Kier alpha value is -1.13. The zero-order chi connectivity index (χ0) is 18.6. The van der Waals surface area contributed by atoms with Crippen molar-refractivity contribution in [3.63, 3.8) is 0 Å². The number of hydrazone groups is 1. The Morgan fingerprint density at radius 2 is 2.04 bits per heavy atom. The van der Waals surface area contributed by atoms with Crippen molar-refractivity contribution in [1.82, 2.24) is 5.43 Å². The normalized spacial score (nSPS) is 10.9. The van der Waals surface area contributed by atoms with Crippen LogP contribution in [0.5, 0.6) is 11.5 Å². The minimum atomic E-state index is -0.396. The van der Waals surface area contributed by atoms with Crippen molar-refractivity contribution < 1.29 is 14.6 Å². The quantitative estimate of drug-likeness (QED) is 0.306. The second kappa shape index (κ2) is 9.00. The van der Waals surface area contributed by atoms with E-state index in [9.17, 15) is 9.90 Å². The zero-order valence-electron chi connectivity index (χ0n) is 13.4. The zero-order valence-corrected chi connectivity index (χ0v) is 18.8. The van der Waals surface area contributed by atoms with Gasteiger partial charge in [0.25, 0.3) is 5.91 Å². The molecule has 2 rings (SSSR count). The van der Waals surface area contributed by atoms with E-state index < -0.39 is 5.91 Å². The van der Waals surface area contributed by atoms with Gasteiger partial charge in [0.15, 0.2) is 6.61 Å². The Balaban J connectivity index is 1.96. The summed E-state index contributed by atoms with van der Waals surface area (Å²) in [5.41, 5.74) is 4.92. The van der Waals surface area contributed by atoms with Crippen LogP contribution in [0.15, 0.2) is 38.3 Å². The lowest BCUT2D eigenvalue weighted by Gasteiger charge is -2.11. The molecule has 0 heterocycles. The number of nitrogens with one attached hydrogen (secondary N) is 1. The Morgan fingerprint density at radius 3 is 2.72 bits per heavy atom. The molecule has 5 nitrogen and oxygen atoms in total. The van der Waals surface area contributed by atoms with Crippen molar-refractivity contribution in [2.45, 2.75) is 13.8 Å². The van der Waals surface area contributed by atoms with Crippen LogP contribution in [0.3, 0.4) is 0 Å². The summed E-state index contributed by atoms with van der Waals surface area (Å²) in [4.78, 5) is 11.9. The van der Waals surface area contributed by atoms with Gasteiger partial charge in [-0.25, -0.2) is 5.43 Å². The highest BCUT2D eigenvalue weighted by molar-refractivity contribution is 14.1. The minimum absolute atomic E-state index is 0.109. The van der Waals surface area contributed by atoms with E-state index in [4.69, 9.17) is 4.74 Å². The van der Waals surface area contributed by atoms with Gasteiger partial charge in [-0.3, -0.25) is 4.79 Å². The molecule has 132 valence electrons. The molecule has 2 aromatic carbocycles. The number of rotatable bonds is 5. The van der Waals surface area contributed by atoms with Gasteiger partial charge in [0.05, 0.1) is 14.3 Å². The predicted molar refractivity (Wildman–Crippen MR) is 113 cm³/mol. The molecule has 2 N–H and O–H groups in total. The number of phenolic OH excluding ortho intramolecular Hbond substituents is 1. The van der Waals surface area contributed by atoms with E-state index in [-0.39, 0.29) is 12.4 Å². The van der Waals surface area contributed by atoms with Crippen molar-refractivity contribution in [3.8, 4) is 11.5 Å². The first-order valence-electron chi connectivity index (χ1n) is 7.17. The van der Waals surface area contributed by atoms with Crippen LogP contribution >= 0.6 is 54.5 Å². The van der Waals surface area contributed by atoms with Crippen LogP contribution in [-0.4, -0.2) is 23.8 Å². The summed E-state index contributed by atoms with van der Waals surface area (Å²) in [6, 6.07) is 7.39. The Labute approximate surface area is 176 Å². The molecule has 0 saturated carbocycles. The number of aromatic hydroxyl groups is 1. The molecule has 0 spiro atoms. The first-order valence-corrected chi connectivity index (χ1v) is 9.84. The van der Waals surface area contributed by atoms with E-state index in [1.165, 1.54) is 6.21 Å². The summed E-state index contributed by atoms with van der Waals surface area (Å²) in [5.74, 6) is 0.341. The maximum atomic E-state index is 11.9. The van der Waals surface area contributed by atoms with Crippen molar-refractivity contribution >= 4 is 66.6 Å². The molecule has 0 aliphatic heterocycles. The fourth-order valence-electron chi connectivity index (χ4n) is 2.11. The Morgan fingerprint density at radius 1 is 1.32 bits per heavy atom. The molecule has 0 radical (unpaired) electrons. The summed E-state index contributed by atoms with van der Waals surface area (Å²) < 4.78 is 7.85. The lowest BCUT2D eigenvalue weighted by atomic mass is 10.1. The molecule has 25 heavy (non-hydrogen) atoms. The molecule has 0 unspecified atom stereocenters. The van der Waals surface area contributed by atoms with Crippen LogP contribution in [0, 0.1) is 17.4 Å². The van der Waals surface area contributed by atoms with Gasteiger partial charge in [0, 0.05) is 10.0 Å². The number of amides is 1. The third-order valence-electron chi connectivity index (χ3n) is 3.17. The maximum Gasteiger partial charge on any atom is 0.277 e. The van der Waals surface area contributed by atoms with E-state index >= 15 is 0 Å². The summed E-state index contributed by atoms with van der Waals surface area (Å²) in [5, 5.41) is 13.8. The predicted octanol–water partition coefficient (Wildman–Crippen LogP) is 4.67. The molecule has 0 atom stereocenters. The van der Waals surface area contributed by atoms with Gasteiger partial charge in [-0.1, -0.05) is 22.0 Å². The second-order valence-electron chi connectivity index (χ2n) is 5.30. The number of hydrogen-bond acceptors (Lipinski definition) is 4. The molecular formula is C17H15Br2IN2O3. The molecule has 0 aromatic heterocycles. The van der Waals surface area contributed by atoms with Crippen LogP contribution < -0.4 is 10.2 Å². The van der Waals surface area contributed by atoms with Crippen LogP contribution in [0.25, 0.3) is 0 Å². The lowest BCUT2D eigenvalue weighted by Crippen LogP contribution is -2.24. The number of phenols is 1. The number of carbonyl (C=O) groups is 1. The van der Waals surface area contributed by atoms with Gasteiger partial charge in [-0.05, 0) is 81.7 Å². The summed E-state index contributed by atoms with van der Waals surface area (Å²) >= 11 is 8.80. The molecule has 1 amide bonds. The second-order valence-corrected chi connectivity index (χ2v) is 8.23. The van der Waals surface area contributed by atoms with Crippen molar-refractivity contribution in [3.05, 3.63) is 53.5 Å². The van der Waals surface area contributed by atoms with Crippen molar-refractivity contribution in [1.29, 1.82) is 0 Å². The minimum Gasteiger partial charge on any atom is -0.506 e.